The molecule has 3 aromatic carbocycles. The Morgan fingerprint density at radius 1 is 0.900 bits per heavy atom. The lowest BCUT2D eigenvalue weighted by atomic mass is 10.2. The Hall–Kier alpha value is -3.85. The third kappa shape index (κ3) is 5.99. The van der Waals surface area contributed by atoms with Crippen LogP contribution in [0.25, 0.3) is 6.08 Å². The minimum Gasteiger partial charge on any atom is -0.484 e. The zero-order valence-corrected chi connectivity index (χ0v) is 23.7. The van der Waals surface area contributed by atoms with Crippen LogP contribution in [-0.4, -0.2) is 28.9 Å². The number of para-hydroxylation sites is 1. The van der Waals surface area contributed by atoms with E-state index >= 15 is 0 Å². The van der Waals surface area contributed by atoms with Crippen LogP contribution in [0.5, 0.6) is 11.5 Å². The lowest BCUT2D eigenvalue weighted by Crippen LogP contribution is -2.32. The highest BCUT2D eigenvalue weighted by molar-refractivity contribution is 8.14. The van der Waals surface area contributed by atoms with Crippen molar-refractivity contribution in [2.75, 3.05) is 4.90 Å². The molecule has 0 aliphatic carbocycles. The van der Waals surface area contributed by atoms with Gasteiger partial charge in [0, 0.05) is 11.3 Å². The van der Waals surface area contributed by atoms with Crippen LogP contribution in [-0.2, 0) is 9.53 Å². The van der Waals surface area contributed by atoms with Crippen molar-refractivity contribution in [3.05, 3.63) is 118 Å². The van der Waals surface area contributed by atoms with Crippen LogP contribution in [0.3, 0.4) is 0 Å². The summed E-state index contributed by atoms with van der Waals surface area (Å²) >= 11 is 2.97. The summed E-state index contributed by atoms with van der Waals surface area (Å²) in [5.74, 6) is 1.29. The second kappa shape index (κ2) is 11.7. The number of carbonyl (C=O) groups is 1. The van der Waals surface area contributed by atoms with Gasteiger partial charge in [0.25, 0.3) is 5.91 Å². The number of benzene rings is 3. The number of rotatable bonds is 7. The predicted molar refractivity (Wildman–Crippen MR) is 162 cm³/mol. The Balaban J connectivity index is 1.26. The maximum atomic E-state index is 13.5. The number of thioether (sulfide) groups is 1. The first kappa shape index (κ1) is 26.4. The number of aryl methyl sites for hydroxylation is 2. The van der Waals surface area contributed by atoms with Crippen LogP contribution >= 0.6 is 23.1 Å². The average molecular weight is 569 g/mol. The molecule has 202 valence electrons. The van der Waals surface area contributed by atoms with Crippen molar-refractivity contribution < 1.29 is 19.0 Å². The third-order valence-electron chi connectivity index (χ3n) is 6.50. The van der Waals surface area contributed by atoms with Gasteiger partial charge in [-0.25, -0.2) is 4.99 Å². The summed E-state index contributed by atoms with van der Waals surface area (Å²) in [5.41, 5.74) is 3.12. The number of anilines is 1. The van der Waals surface area contributed by atoms with Crippen molar-refractivity contribution in [3.63, 3.8) is 0 Å². The van der Waals surface area contributed by atoms with Crippen molar-refractivity contribution in [1.29, 1.82) is 0 Å². The number of thiophene rings is 1. The van der Waals surface area contributed by atoms with Crippen LogP contribution in [0.1, 0.15) is 22.4 Å². The summed E-state index contributed by atoms with van der Waals surface area (Å²) in [7, 11) is 0. The SMILES string of the molecule is Cc1ccc(O[C@@H]2O[C@@H](SC3=N/C(=C\c4cccs4)C(=O)N3c3ccccc3)C[C@H]2Oc2ccc(C)cc2)cc1. The van der Waals surface area contributed by atoms with Gasteiger partial charge in [0.15, 0.2) is 11.3 Å². The minimum absolute atomic E-state index is 0.167. The van der Waals surface area contributed by atoms with Crippen molar-refractivity contribution in [1.82, 2.24) is 0 Å². The molecule has 40 heavy (non-hydrogen) atoms. The van der Waals surface area contributed by atoms with E-state index in [2.05, 4.69) is 0 Å². The number of amides is 1. The molecule has 0 saturated carbocycles. The van der Waals surface area contributed by atoms with E-state index in [0.717, 1.165) is 27.4 Å². The molecule has 0 bridgehead atoms. The van der Waals surface area contributed by atoms with Crippen LogP contribution in [0.2, 0.25) is 0 Å². The molecule has 1 saturated heterocycles. The van der Waals surface area contributed by atoms with Crippen molar-refractivity contribution >= 4 is 45.9 Å². The van der Waals surface area contributed by atoms with E-state index in [0.29, 0.717) is 23.0 Å². The molecule has 0 radical (unpaired) electrons. The van der Waals surface area contributed by atoms with Gasteiger partial charge in [-0.1, -0.05) is 71.4 Å². The van der Waals surface area contributed by atoms with E-state index in [-0.39, 0.29) is 17.4 Å². The van der Waals surface area contributed by atoms with Gasteiger partial charge in [0.1, 0.15) is 22.6 Å². The molecule has 8 heteroatoms. The lowest BCUT2D eigenvalue weighted by Gasteiger charge is -2.21. The normalized spacial score (nSPS) is 21.6. The molecule has 1 fully saturated rings. The number of ether oxygens (including phenoxy) is 3. The van der Waals surface area contributed by atoms with Gasteiger partial charge < -0.3 is 14.2 Å². The number of aliphatic imine (C=N–C) groups is 1. The summed E-state index contributed by atoms with van der Waals surface area (Å²) in [4.78, 5) is 20.9. The highest BCUT2D eigenvalue weighted by atomic mass is 32.2. The molecule has 0 N–H and O–H groups in total. The summed E-state index contributed by atoms with van der Waals surface area (Å²) in [5, 5.41) is 2.55. The standard InChI is InChI=1S/C32H28N2O4S2/c1-21-10-14-24(15-11-21)36-28-20-29(38-31(28)37-25-16-12-22(2)13-17-25)40-32-33-27(19-26-9-6-18-39-26)30(35)34(32)23-7-4-3-5-8-23/h3-19,28-29,31H,20H2,1-2H3/b27-19-/t28-,29+,31-/m1/s1. The molecule has 0 unspecified atom stereocenters. The molecule has 6 rings (SSSR count). The second-order valence-electron chi connectivity index (χ2n) is 9.60. The highest BCUT2D eigenvalue weighted by Gasteiger charge is 2.42. The fourth-order valence-corrected chi connectivity index (χ4v) is 6.21. The number of amidine groups is 1. The Labute approximate surface area is 241 Å². The Kier molecular flexibility index (Phi) is 7.73. The molecule has 1 aromatic heterocycles. The van der Waals surface area contributed by atoms with E-state index in [4.69, 9.17) is 19.2 Å². The van der Waals surface area contributed by atoms with Gasteiger partial charge >= 0.3 is 0 Å². The first-order valence-electron chi connectivity index (χ1n) is 13.0. The number of carbonyl (C=O) groups excluding carboxylic acids is 1. The Morgan fingerprint density at radius 2 is 1.57 bits per heavy atom. The van der Waals surface area contributed by atoms with Gasteiger partial charge in [-0.2, -0.15) is 0 Å². The summed E-state index contributed by atoms with van der Waals surface area (Å²) in [6, 6.07) is 29.3. The number of nitrogens with zero attached hydrogens (tertiary/aromatic N) is 2. The zero-order chi connectivity index (χ0) is 27.5. The van der Waals surface area contributed by atoms with Crippen molar-refractivity contribution in [2.45, 2.75) is 38.1 Å². The molecular formula is C32H28N2O4S2. The molecule has 6 nitrogen and oxygen atoms in total. The molecule has 3 heterocycles. The number of hydrogen-bond acceptors (Lipinski definition) is 7. The van der Waals surface area contributed by atoms with Gasteiger partial charge in [0.2, 0.25) is 6.29 Å². The fourth-order valence-electron chi connectivity index (χ4n) is 4.43. The fraction of sp³-hybridized carbons (Fsp3) is 0.188. The molecule has 0 spiro atoms. The first-order valence-corrected chi connectivity index (χ1v) is 14.8. The highest BCUT2D eigenvalue weighted by Crippen LogP contribution is 2.38. The van der Waals surface area contributed by atoms with E-state index in [9.17, 15) is 4.79 Å². The van der Waals surface area contributed by atoms with Gasteiger partial charge in [-0.15, -0.1) is 11.3 Å². The lowest BCUT2D eigenvalue weighted by molar-refractivity contribution is -0.113. The smallest absolute Gasteiger partial charge is 0.283 e. The summed E-state index contributed by atoms with van der Waals surface area (Å²) in [6.45, 7) is 4.08. The van der Waals surface area contributed by atoms with Crippen LogP contribution in [0.4, 0.5) is 5.69 Å². The quantitative estimate of drug-likeness (QED) is 0.217. The average Bonchev–Trinajstić information content (AvgIpc) is 3.68. The molecule has 3 atom stereocenters. The van der Waals surface area contributed by atoms with Crippen LogP contribution in [0.15, 0.2) is 107 Å². The van der Waals surface area contributed by atoms with Gasteiger partial charge in [-0.3, -0.25) is 9.69 Å². The van der Waals surface area contributed by atoms with Crippen molar-refractivity contribution in [3.8, 4) is 11.5 Å². The molecule has 2 aliphatic heterocycles. The number of hydrogen-bond donors (Lipinski definition) is 0. The van der Waals surface area contributed by atoms with Gasteiger partial charge in [-0.05, 0) is 67.8 Å². The van der Waals surface area contributed by atoms with E-state index < -0.39 is 6.29 Å². The summed E-state index contributed by atoms with van der Waals surface area (Å²) < 4.78 is 19.0. The summed E-state index contributed by atoms with van der Waals surface area (Å²) in [6.07, 6.45) is 1.39. The molecule has 2 aliphatic rings. The first-order chi connectivity index (χ1) is 19.5. The maximum Gasteiger partial charge on any atom is 0.283 e. The van der Waals surface area contributed by atoms with E-state index in [1.807, 2.05) is 116 Å². The largest absolute Gasteiger partial charge is 0.484 e. The third-order valence-corrected chi connectivity index (χ3v) is 8.37. The Morgan fingerprint density at radius 3 is 2.23 bits per heavy atom. The monoisotopic (exact) mass is 568 g/mol. The van der Waals surface area contributed by atoms with Gasteiger partial charge in [0.05, 0.1) is 5.69 Å². The van der Waals surface area contributed by atoms with E-state index in [1.165, 1.54) is 11.8 Å². The molecule has 1 amide bonds. The predicted octanol–water partition coefficient (Wildman–Crippen LogP) is 7.44. The molecule has 4 aromatic rings. The van der Waals surface area contributed by atoms with E-state index in [1.54, 1.807) is 16.2 Å². The van der Waals surface area contributed by atoms with Crippen molar-refractivity contribution in [2.24, 2.45) is 4.99 Å². The van der Waals surface area contributed by atoms with Crippen LogP contribution < -0.4 is 14.4 Å². The molecular weight excluding hydrogens is 540 g/mol. The zero-order valence-electron chi connectivity index (χ0n) is 22.1. The van der Waals surface area contributed by atoms with Crippen LogP contribution in [0, 0.1) is 13.8 Å². The minimum atomic E-state index is -0.634. The topological polar surface area (TPSA) is 60.4 Å². The second-order valence-corrected chi connectivity index (χ2v) is 11.7. The Bertz CT molecular complexity index is 1460. The maximum absolute atomic E-state index is 13.5.